The van der Waals surface area contributed by atoms with Gasteiger partial charge in [-0.1, -0.05) is 12.8 Å². The summed E-state index contributed by atoms with van der Waals surface area (Å²) < 4.78 is 0. The first-order chi connectivity index (χ1) is 13.1. The molecular formula is C18H25N5O4. The average molecular weight is 375 g/mol. The first-order valence-electron chi connectivity index (χ1n) is 9.43. The van der Waals surface area contributed by atoms with Crippen LogP contribution in [0, 0.1) is 5.92 Å². The van der Waals surface area contributed by atoms with Gasteiger partial charge in [-0.2, -0.15) is 0 Å². The van der Waals surface area contributed by atoms with E-state index >= 15 is 0 Å². The van der Waals surface area contributed by atoms with Gasteiger partial charge in [0.15, 0.2) is 5.82 Å². The second-order valence-corrected chi connectivity index (χ2v) is 7.51. The summed E-state index contributed by atoms with van der Waals surface area (Å²) in [5.74, 6) is 0.783. The normalized spacial score (nSPS) is 28.9. The van der Waals surface area contributed by atoms with Crippen LogP contribution < -0.4 is 10.6 Å². The maximum atomic E-state index is 12.4. The summed E-state index contributed by atoms with van der Waals surface area (Å²) in [4.78, 5) is 23.9. The molecule has 0 unspecified atom stereocenters. The lowest BCUT2D eigenvalue weighted by Crippen LogP contribution is -2.35. The van der Waals surface area contributed by atoms with E-state index in [0.29, 0.717) is 34.8 Å². The van der Waals surface area contributed by atoms with Gasteiger partial charge in [0.1, 0.15) is 17.9 Å². The minimum Gasteiger partial charge on any atom is -0.395 e. The number of nitrogens with zero attached hydrogens (tertiary/aromatic N) is 2. The van der Waals surface area contributed by atoms with Crippen molar-refractivity contribution in [2.75, 3.05) is 11.9 Å². The Hall–Kier alpha value is -2.07. The Morgan fingerprint density at radius 1 is 1.22 bits per heavy atom. The van der Waals surface area contributed by atoms with Crippen molar-refractivity contribution in [1.29, 1.82) is 0 Å². The largest absolute Gasteiger partial charge is 0.395 e. The van der Waals surface area contributed by atoms with Crippen LogP contribution in [-0.4, -0.2) is 61.0 Å². The van der Waals surface area contributed by atoms with E-state index in [0.717, 1.165) is 12.8 Å². The zero-order chi connectivity index (χ0) is 19.0. The zero-order valence-electron chi connectivity index (χ0n) is 14.9. The molecule has 0 spiro atoms. The highest BCUT2D eigenvalue weighted by Crippen LogP contribution is 2.33. The summed E-state index contributed by atoms with van der Waals surface area (Å²) in [7, 11) is 0. The molecule has 1 aliphatic heterocycles. The molecule has 3 heterocycles. The van der Waals surface area contributed by atoms with Gasteiger partial charge in [0, 0.05) is 18.2 Å². The monoisotopic (exact) mass is 375 g/mol. The van der Waals surface area contributed by atoms with Crippen molar-refractivity contribution in [2.24, 2.45) is 5.92 Å². The molecule has 2 fully saturated rings. The number of anilines is 1. The molecule has 1 saturated heterocycles. The zero-order valence-corrected chi connectivity index (χ0v) is 14.9. The molecule has 1 aliphatic carbocycles. The Kier molecular flexibility index (Phi) is 5.09. The van der Waals surface area contributed by atoms with E-state index in [1.165, 1.54) is 19.2 Å². The van der Waals surface area contributed by atoms with Gasteiger partial charge in [0.2, 0.25) is 5.91 Å². The molecule has 4 rings (SSSR count). The molecule has 6 N–H and O–H groups in total. The average Bonchev–Trinajstić information content (AvgIpc) is 3.37. The summed E-state index contributed by atoms with van der Waals surface area (Å²) >= 11 is 0. The molecule has 2 aliphatic rings. The lowest BCUT2D eigenvalue weighted by Gasteiger charge is -2.15. The number of nitrogens with one attached hydrogen (secondary N) is 3. The minimum absolute atomic E-state index is 0.0622. The van der Waals surface area contributed by atoms with E-state index in [2.05, 4.69) is 25.6 Å². The van der Waals surface area contributed by atoms with Crippen molar-refractivity contribution >= 4 is 22.8 Å². The van der Waals surface area contributed by atoms with Crippen LogP contribution in [0.25, 0.3) is 11.0 Å². The fourth-order valence-corrected chi connectivity index (χ4v) is 4.25. The third-order valence-electron chi connectivity index (χ3n) is 5.73. The molecule has 2 aromatic heterocycles. The third kappa shape index (κ3) is 3.43. The fraction of sp³-hybridized carbons (Fsp3) is 0.611. The lowest BCUT2D eigenvalue weighted by molar-refractivity contribution is -0.117. The Labute approximate surface area is 156 Å². The number of amides is 1. The van der Waals surface area contributed by atoms with E-state index in [-0.39, 0.29) is 12.5 Å². The Bertz CT molecular complexity index is 819. The Morgan fingerprint density at radius 3 is 2.70 bits per heavy atom. The molecule has 1 saturated carbocycles. The maximum absolute atomic E-state index is 12.4. The van der Waals surface area contributed by atoms with E-state index in [9.17, 15) is 20.1 Å². The number of aromatic nitrogens is 3. The van der Waals surface area contributed by atoms with Crippen molar-refractivity contribution in [3.05, 3.63) is 18.1 Å². The SMILES string of the molecule is O=C(CC1CCCC1)Nc1ncnc2c([C@@H]3N[C@H](CO)[C@@H](O)[C@H]3O)c[nH]c12. The molecule has 9 heteroatoms. The van der Waals surface area contributed by atoms with Gasteiger partial charge in [0.25, 0.3) is 0 Å². The van der Waals surface area contributed by atoms with Crippen LogP contribution in [0.5, 0.6) is 0 Å². The van der Waals surface area contributed by atoms with Crippen molar-refractivity contribution in [3.63, 3.8) is 0 Å². The maximum Gasteiger partial charge on any atom is 0.225 e. The van der Waals surface area contributed by atoms with Gasteiger partial charge in [0.05, 0.1) is 30.3 Å². The first kappa shape index (κ1) is 18.3. The molecule has 27 heavy (non-hydrogen) atoms. The van der Waals surface area contributed by atoms with Crippen LogP contribution >= 0.6 is 0 Å². The van der Waals surface area contributed by atoms with Crippen molar-refractivity contribution in [2.45, 2.75) is 56.4 Å². The highest BCUT2D eigenvalue weighted by molar-refractivity contribution is 5.98. The van der Waals surface area contributed by atoms with Crippen molar-refractivity contribution in [1.82, 2.24) is 20.3 Å². The molecule has 1 amide bonds. The number of rotatable bonds is 5. The first-order valence-corrected chi connectivity index (χ1v) is 9.43. The van der Waals surface area contributed by atoms with Gasteiger partial charge in [-0.15, -0.1) is 0 Å². The Balaban J connectivity index is 1.56. The third-order valence-corrected chi connectivity index (χ3v) is 5.73. The lowest BCUT2D eigenvalue weighted by atomic mass is 10.0. The molecule has 0 radical (unpaired) electrons. The topological polar surface area (TPSA) is 143 Å². The van der Waals surface area contributed by atoms with E-state index in [1.807, 2.05) is 0 Å². The smallest absolute Gasteiger partial charge is 0.225 e. The van der Waals surface area contributed by atoms with Gasteiger partial charge in [-0.05, 0) is 18.8 Å². The number of carbonyl (C=O) groups excluding carboxylic acids is 1. The van der Waals surface area contributed by atoms with E-state index < -0.39 is 24.3 Å². The number of aromatic amines is 1. The number of H-pyrrole nitrogens is 1. The molecule has 9 nitrogen and oxygen atoms in total. The van der Waals surface area contributed by atoms with Crippen molar-refractivity contribution in [3.8, 4) is 0 Å². The van der Waals surface area contributed by atoms with Gasteiger partial charge in [-0.25, -0.2) is 9.97 Å². The van der Waals surface area contributed by atoms with Crippen LogP contribution in [-0.2, 0) is 4.79 Å². The second kappa shape index (κ2) is 7.51. The molecule has 0 bridgehead atoms. The number of aliphatic hydroxyl groups excluding tert-OH is 3. The highest BCUT2D eigenvalue weighted by Gasteiger charge is 2.42. The molecule has 146 valence electrons. The minimum atomic E-state index is -1.07. The summed E-state index contributed by atoms with van der Waals surface area (Å²) in [6.07, 6.45) is 5.96. The van der Waals surface area contributed by atoms with E-state index in [4.69, 9.17) is 0 Å². The van der Waals surface area contributed by atoms with Gasteiger partial charge < -0.3 is 30.9 Å². The fourth-order valence-electron chi connectivity index (χ4n) is 4.25. The molecule has 4 atom stereocenters. The standard InChI is InChI=1S/C18H25N5O4/c24-7-11-16(26)17(27)14(22-11)10-6-19-15-13(10)20-8-21-18(15)23-12(25)5-9-3-1-2-4-9/h6,8-9,11,14,16-17,19,22,24,26-27H,1-5,7H2,(H,20,21,23,25)/t11-,14+,16-,17+/m1/s1. The van der Waals surface area contributed by atoms with Gasteiger partial charge >= 0.3 is 0 Å². The quantitative estimate of drug-likeness (QED) is 0.438. The summed E-state index contributed by atoms with van der Waals surface area (Å²) in [6, 6.07) is -1.19. The summed E-state index contributed by atoms with van der Waals surface area (Å²) in [5, 5.41) is 35.6. The molecule has 2 aromatic rings. The molecule has 0 aromatic carbocycles. The number of hydrogen-bond acceptors (Lipinski definition) is 7. The second-order valence-electron chi connectivity index (χ2n) is 7.51. The number of fused-ring (bicyclic) bond motifs is 1. The number of aliphatic hydroxyl groups is 3. The van der Waals surface area contributed by atoms with Crippen LogP contribution in [0.3, 0.4) is 0 Å². The molecular weight excluding hydrogens is 350 g/mol. The predicted octanol–water partition coefficient (Wildman–Crippen LogP) is 0.204. The van der Waals surface area contributed by atoms with E-state index in [1.54, 1.807) is 6.20 Å². The predicted molar refractivity (Wildman–Crippen MR) is 97.9 cm³/mol. The van der Waals surface area contributed by atoms with Crippen molar-refractivity contribution < 1.29 is 20.1 Å². The van der Waals surface area contributed by atoms with Crippen LogP contribution in [0.4, 0.5) is 5.82 Å². The summed E-state index contributed by atoms with van der Waals surface area (Å²) in [5.41, 5.74) is 1.79. The highest BCUT2D eigenvalue weighted by atomic mass is 16.3. The number of carbonyl (C=O) groups is 1. The number of hydrogen-bond donors (Lipinski definition) is 6. The van der Waals surface area contributed by atoms with Gasteiger partial charge in [-0.3, -0.25) is 4.79 Å². The van der Waals surface area contributed by atoms with Crippen LogP contribution in [0.2, 0.25) is 0 Å². The summed E-state index contributed by atoms with van der Waals surface area (Å²) in [6.45, 7) is -0.283. The van der Waals surface area contributed by atoms with Crippen LogP contribution in [0.1, 0.15) is 43.7 Å². The Morgan fingerprint density at radius 2 is 2.00 bits per heavy atom. The van der Waals surface area contributed by atoms with Crippen LogP contribution in [0.15, 0.2) is 12.5 Å².